The van der Waals surface area contributed by atoms with Crippen molar-refractivity contribution in [2.24, 2.45) is 0 Å². The van der Waals surface area contributed by atoms with E-state index >= 15 is 0 Å². The number of benzene rings is 2. The van der Waals surface area contributed by atoms with Gasteiger partial charge >= 0.3 is 0 Å². The number of carbonyl (C=O) groups excluding carboxylic acids is 1. The molecule has 1 unspecified atom stereocenters. The van der Waals surface area contributed by atoms with Crippen LogP contribution in [0.3, 0.4) is 0 Å². The van der Waals surface area contributed by atoms with Gasteiger partial charge in [-0.2, -0.15) is 0 Å². The molecule has 1 aromatic heterocycles. The number of nitrogens with zero attached hydrogens (tertiary/aromatic N) is 2. The molecule has 3 aromatic rings. The second-order valence-corrected chi connectivity index (χ2v) is 7.06. The molecule has 3 rings (SSSR count). The topological polar surface area (TPSA) is 77.2 Å². The molecule has 0 aliphatic heterocycles. The maximum Gasteiger partial charge on any atom is 0.277 e. The first-order valence-electron chi connectivity index (χ1n) is 7.77. The minimum atomic E-state index is -0.456. The third kappa shape index (κ3) is 4.36. The molecule has 1 heterocycles. The SMILES string of the molecule is COc1ccc(Cl)cc1NC(=O)C(C)Sc1nnc(-c2ccccc2)o1. The van der Waals surface area contributed by atoms with Crippen LogP contribution in [0, 0.1) is 0 Å². The van der Waals surface area contributed by atoms with Crippen molar-refractivity contribution in [3.63, 3.8) is 0 Å². The van der Waals surface area contributed by atoms with Crippen LogP contribution in [0.5, 0.6) is 5.75 Å². The summed E-state index contributed by atoms with van der Waals surface area (Å²) in [6.45, 7) is 1.75. The Hall–Kier alpha value is -2.51. The van der Waals surface area contributed by atoms with Crippen molar-refractivity contribution >= 4 is 35.0 Å². The maximum absolute atomic E-state index is 12.5. The van der Waals surface area contributed by atoms with Crippen LogP contribution in [-0.2, 0) is 4.79 Å². The molecule has 1 atom stereocenters. The molecule has 0 saturated carbocycles. The van der Waals surface area contributed by atoms with Crippen LogP contribution in [0.15, 0.2) is 58.2 Å². The van der Waals surface area contributed by atoms with Crippen molar-refractivity contribution in [3.05, 3.63) is 53.6 Å². The molecule has 0 bridgehead atoms. The number of methoxy groups -OCH3 is 1. The second-order valence-electron chi connectivity index (χ2n) is 5.33. The van der Waals surface area contributed by atoms with E-state index in [0.29, 0.717) is 27.6 Å². The number of aromatic nitrogens is 2. The molecule has 0 radical (unpaired) electrons. The van der Waals surface area contributed by atoms with Crippen LogP contribution in [0.1, 0.15) is 6.92 Å². The first-order chi connectivity index (χ1) is 12.6. The van der Waals surface area contributed by atoms with Crippen LogP contribution in [-0.4, -0.2) is 28.5 Å². The largest absolute Gasteiger partial charge is 0.495 e. The van der Waals surface area contributed by atoms with Crippen LogP contribution in [0.2, 0.25) is 5.02 Å². The van der Waals surface area contributed by atoms with Crippen LogP contribution in [0.25, 0.3) is 11.5 Å². The highest BCUT2D eigenvalue weighted by Gasteiger charge is 2.20. The summed E-state index contributed by atoms with van der Waals surface area (Å²) in [5.74, 6) is 0.719. The lowest BCUT2D eigenvalue weighted by molar-refractivity contribution is -0.115. The lowest BCUT2D eigenvalue weighted by atomic mass is 10.2. The molecular formula is C18H16ClN3O3S. The van der Waals surface area contributed by atoms with E-state index in [-0.39, 0.29) is 5.91 Å². The molecule has 0 aliphatic rings. The lowest BCUT2D eigenvalue weighted by Gasteiger charge is -2.13. The summed E-state index contributed by atoms with van der Waals surface area (Å²) in [6, 6.07) is 14.5. The Kier molecular flexibility index (Phi) is 5.80. The van der Waals surface area contributed by atoms with Gasteiger partial charge in [-0.15, -0.1) is 10.2 Å². The fraction of sp³-hybridized carbons (Fsp3) is 0.167. The van der Waals surface area contributed by atoms with Crippen LogP contribution >= 0.6 is 23.4 Å². The molecule has 0 spiro atoms. The third-order valence-electron chi connectivity index (χ3n) is 3.49. The molecule has 1 amide bonds. The maximum atomic E-state index is 12.5. The Morgan fingerprint density at radius 3 is 2.73 bits per heavy atom. The molecule has 8 heteroatoms. The van der Waals surface area contributed by atoms with Gasteiger partial charge in [-0.3, -0.25) is 4.79 Å². The van der Waals surface area contributed by atoms with Gasteiger partial charge in [0.1, 0.15) is 5.75 Å². The van der Waals surface area contributed by atoms with E-state index < -0.39 is 5.25 Å². The van der Waals surface area contributed by atoms with E-state index in [2.05, 4.69) is 15.5 Å². The van der Waals surface area contributed by atoms with Gasteiger partial charge in [-0.05, 0) is 37.3 Å². The number of hydrogen-bond donors (Lipinski definition) is 1. The average molecular weight is 390 g/mol. The fourth-order valence-electron chi connectivity index (χ4n) is 2.17. The first kappa shape index (κ1) is 18.3. The lowest BCUT2D eigenvalue weighted by Crippen LogP contribution is -2.22. The Morgan fingerprint density at radius 2 is 2.00 bits per heavy atom. The first-order valence-corrected chi connectivity index (χ1v) is 9.02. The summed E-state index contributed by atoms with van der Waals surface area (Å²) in [7, 11) is 1.53. The smallest absolute Gasteiger partial charge is 0.277 e. The summed E-state index contributed by atoms with van der Waals surface area (Å²) in [5.41, 5.74) is 1.33. The van der Waals surface area contributed by atoms with Gasteiger partial charge in [0.15, 0.2) is 0 Å². The number of amides is 1. The third-order valence-corrected chi connectivity index (χ3v) is 4.66. The van der Waals surface area contributed by atoms with Gasteiger partial charge in [0.25, 0.3) is 5.22 Å². The van der Waals surface area contributed by atoms with Crippen molar-refractivity contribution in [3.8, 4) is 17.2 Å². The highest BCUT2D eigenvalue weighted by molar-refractivity contribution is 8.00. The Morgan fingerprint density at radius 1 is 1.23 bits per heavy atom. The molecule has 1 N–H and O–H groups in total. The summed E-state index contributed by atoms with van der Waals surface area (Å²) >= 11 is 7.16. The minimum Gasteiger partial charge on any atom is -0.495 e. The zero-order chi connectivity index (χ0) is 18.5. The van der Waals surface area contributed by atoms with Gasteiger partial charge < -0.3 is 14.5 Å². The molecule has 26 heavy (non-hydrogen) atoms. The van der Waals surface area contributed by atoms with Crippen molar-refractivity contribution in [2.75, 3.05) is 12.4 Å². The Balaban J connectivity index is 1.67. The number of ether oxygens (including phenoxy) is 1. The quantitative estimate of drug-likeness (QED) is 0.624. The minimum absolute atomic E-state index is 0.227. The summed E-state index contributed by atoms with van der Waals surface area (Å²) in [6.07, 6.45) is 0. The molecule has 6 nitrogen and oxygen atoms in total. The predicted octanol–water partition coefficient (Wildman–Crippen LogP) is 4.52. The van der Waals surface area contributed by atoms with Crippen molar-refractivity contribution < 1.29 is 13.9 Å². The van der Waals surface area contributed by atoms with Gasteiger partial charge in [0, 0.05) is 10.6 Å². The fourth-order valence-corrected chi connectivity index (χ4v) is 3.03. The van der Waals surface area contributed by atoms with E-state index in [1.807, 2.05) is 30.3 Å². The van der Waals surface area contributed by atoms with Gasteiger partial charge in [0.05, 0.1) is 18.0 Å². The van der Waals surface area contributed by atoms with E-state index in [0.717, 1.165) is 5.56 Å². The summed E-state index contributed by atoms with van der Waals surface area (Å²) in [4.78, 5) is 12.5. The van der Waals surface area contributed by atoms with E-state index in [1.54, 1.807) is 25.1 Å². The van der Waals surface area contributed by atoms with Gasteiger partial charge in [-0.1, -0.05) is 41.6 Å². The molecular weight excluding hydrogens is 374 g/mol. The number of carbonyl (C=O) groups is 1. The highest BCUT2D eigenvalue weighted by Crippen LogP contribution is 2.30. The van der Waals surface area contributed by atoms with E-state index in [4.69, 9.17) is 20.8 Å². The van der Waals surface area contributed by atoms with Crippen LogP contribution in [0.4, 0.5) is 5.69 Å². The number of thioether (sulfide) groups is 1. The average Bonchev–Trinajstić information content (AvgIpc) is 3.11. The molecule has 0 aliphatic carbocycles. The van der Waals surface area contributed by atoms with Crippen molar-refractivity contribution in [1.29, 1.82) is 0 Å². The number of halogens is 1. The number of rotatable bonds is 6. The van der Waals surface area contributed by atoms with Crippen molar-refractivity contribution in [1.82, 2.24) is 10.2 Å². The number of hydrogen-bond acceptors (Lipinski definition) is 6. The molecule has 0 fully saturated rings. The number of nitrogens with one attached hydrogen (secondary N) is 1. The van der Waals surface area contributed by atoms with E-state index in [1.165, 1.54) is 18.9 Å². The summed E-state index contributed by atoms with van der Waals surface area (Å²) < 4.78 is 10.9. The molecule has 134 valence electrons. The standard InChI is InChI=1S/C18H16ClN3O3S/c1-11(16(23)20-14-10-13(19)8-9-15(14)24-2)26-18-22-21-17(25-18)12-6-4-3-5-7-12/h3-11H,1-2H3,(H,20,23). The van der Waals surface area contributed by atoms with Crippen molar-refractivity contribution in [2.45, 2.75) is 17.4 Å². The monoisotopic (exact) mass is 389 g/mol. The van der Waals surface area contributed by atoms with Gasteiger partial charge in [0.2, 0.25) is 11.8 Å². The predicted molar refractivity (Wildman–Crippen MR) is 102 cm³/mol. The summed E-state index contributed by atoms with van der Waals surface area (Å²) in [5, 5.41) is 11.2. The number of anilines is 1. The Bertz CT molecular complexity index is 902. The van der Waals surface area contributed by atoms with Gasteiger partial charge in [-0.25, -0.2) is 0 Å². The zero-order valence-corrected chi connectivity index (χ0v) is 15.7. The molecule has 2 aromatic carbocycles. The van der Waals surface area contributed by atoms with E-state index in [9.17, 15) is 4.79 Å². The zero-order valence-electron chi connectivity index (χ0n) is 14.1. The normalized spacial score (nSPS) is 11.8. The van der Waals surface area contributed by atoms with Crippen LogP contribution < -0.4 is 10.1 Å². The Labute approximate surface area is 159 Å². The second kappa shape index (κ2) is 8.25. The highest BCUT2D eigenvalue weighted by atomic mass is 35.5. The molecule has 0 saturated heterocycles.